The summed E-state index contributed by atoms with van der Waals surface area (Å²) in [5, 5.41) is 7.24. The highest BCUT2D eigenvalue weighted by Crippen LogP contribution is 2.17. The van der Waals surface area contributed by atoms with E-state index in [2.05, 4.69) is 35.9 Å². The molecular formula is C13H26N4O2S. The zero-order chi connectivity index (χ0) is 15.2. The lowest BCUT2D eigenvalue weighted by Crippen LogP contribution is -2.27. The van der Waals surface area contributed by atoms with Gasteiger partial charge in [-0.1, -0.05) is 27.7 Å². The Morgan fingerprint density at radius 3 is 2.60 bits per heavy atom. The molecule has 6 nitrogen and oxygen atoms in total. The van der Waals surface area contributed by atoms with E-state index in [1.807, 2.05) is 6.92 Å². The molecule has 0 radical (unpaired) electrons. The SMILES string of the molecule is CCNCCn1cc(S(=O)(=O)NCCC(C)(C)C)cn1. The number of hydrogen-bond acceptors (Lipinski definition) is 4. The standard InChI is InChI=1S/C13H26N4O2S/c1-5-14-8-9-17-11-12(10-15-17)20(18,19)16-7-6-13(2,3)4/h10-11,14,16H,5-9H2,1-4H3. The van der Waals surface area contributed by atoms with Crippen molar-refractivity contribution in [3.05, 3.63) is 12.4 Å². The van der Waals surface area contributed by atoms with Gasteiger partial charge < -0.3 is 5.32 Å². The average Bonchev–Trinajstić information content (AvgIpc) is 2.77. The smallest absolute Gasteiger partial charge is 0.243 e. The van der Waals surface area contributed by atoms with E-state index in [1.165, 1.54) is 6.20 Å². The van der Waals surface area contributed by atoms with Crippen molar-refractivity contribution in [3.8, 4) is 0 Å². The van der Waals surface area contributed by atoms with Crippen molar-refractivity contribution in [2.45, 2.75) is 45.6 Å². The maximum absolute atomic E-state index is 12.1. The van der Waals surface area contributed by atoms with Crippen molar-refractivity contribution >= 4 is 10.0 Å². The molecule has 116 valence electrons. The second kappa shape index (κ2) is 7.19. The van der Waals surface area contributed by atoms with Gasteiger partial charge in [-0.25, -0.2) is 13.1 Å². The van der Waals surface area contributed by atoms with Gasteiger partial charge in [-0.15, -0.1) is 0 Å². The molecule has 1 aromatic rings. The Hall–Kier alpha value is -0.920. The van der Waals surface area contributed by atoms with Crippen LogP contribution >= 0.6 is 0 Å². The Morgan fingerprint density at radius 2 is 2.00 bits per heavy atom. The Kier molecular flexibility index (Phi) is 6.16. The first-order valence-electron chi connectivity index (χ1n) is 6.97. The fourth-order valence-corrected chi connectivity index (χ4v) is 2.60. The van der Waals surface area contributed by atoms with Gasteiger partial charge in [0.2, 0.25) is 10.0 Å². The van der Waals surface area contributed by atoms with Gasteiger partial charge in [0, 0.05) is 19.3 Å². The first-order chi connectivity index (χ1) is 9.24. The molecule has 1 aromatic heterocycles. The largest absolute Gasteiger partial charge is 0.315 e. The highest BCUT2D eigenvalue weighted by Gasteiger charge is 2.17. The lowest BCUT2D eigenvalue weighted by Gasteiger charge is -2.17. The van der Waals surface area contributed by atoms with Crippen molar-refractivity contribution in [3.63, 3.8) is 0 Å². The second-order valence-electron chi connectivity index (χ2n) is 6.00. The van der Waals surface area contributed by atoms with Crippen molar-refractivity contribution in [1.29, 1.82) is 0 Å². The number of sulfonamides is 1. The predicted octanol–water partition coefficient (Wildman–Crippen LogP) is 1.21. The molecule has 1 heterocycles. The summed E-state index contributed by atoms with van der Waals surface area (Å²) in [7, 11) is -3.45. The monoisotopic (exact) mass is 302 g/mol. The van der Waals surface area contributed by atoms with Crippen molar-refractivity contribution < 1.29 is 8.42 Å². The quantitative estimate of drug-likeness (QED) is 0.708. The molecule has 0 fully saturated rings. The van der Waals surface area contributed by atoms with Crippen LogP contribution in [0.25, 0.3) is 0 Å². The molecule has 0 saturated heterocycles. The van der Waals surface area contributed by atoms with Gasteiger partial charge in [-0.3, -0.25) is 4.68 Å². The van der Waals surface area contributed by atoms with Crippen LogP contribution in [-0.2, 0) is 16.6 Å². The Labute approximate surface area is 122 Å². The molecule has 0 spiro atoms. The summed E-state index contributed by atoms with van der Waals surface area (Å²) in [4.78, 5) is 0.225. The van der Waals surface area contributed by atoms with Crippen LogP contribution in [0.3, 0.4) is 0 Å². The van der Waals surface area contributed by atoms with Gasteiger partial charge in [-0.05, 0) is 18.4 Å². The van der Waals surface area contributed by atoms with Crippen molar-refractivity contribution in [2.75, 3.05) is 19.6 Å². The lowest BCUT2D eigenvalue weighted by atomic mass is 9.93. The van der Waals surface area contributed by atoms with Gasteiger partial charge in [0.25, 0.3) is 0 Å². The van der Waals surface area contributed by atoms with Gasteiger partial charge in [0.1, 0.15) is 4.90 Å². The van der Waals surface area contributed by atoms with Crippen LogP contribution in [0.5, 0.6) is 0 Å². The predicted molar refractivity (Wildman–Crippen MR) is 80.0 cm³/mol. The van der Waals surface area contributed by atoms with Crippen molar-refractivity contribution in [1.82, 2.24) is 19.8 Å². The van der Waals surface area contributed by atoms with E-state index in [1.54, 1.807) is 10.9 Å². The molecule has 2 N–H and O–H groups in total. The van der Waals surface area contributed by atoms with Gasteiger partial charge in [-0.2, -0.15) is 5.10 Å². The maximum atomic E-state index is 12.1. The summed E-state index contributed by atoms with van der Waals surface area (Å²) >= 11 is 0. The zero-order valence-corrected chi connectivity index (χ0v) is 13.6. The van der Waals surface area contributed by atoms with Crippen LogP contribution in [0.2, 0.25) is 0 Å². The van der Waals surface area contributed by atoms with Crippen LogP contribution in [0, 0.1) is 5.41 Å². The van der Waals surface area contributed by atoms with E-state index in [9.17, 15) is 8.42 Å². The summed E-state index contributed by atoms with van der Waals surface area (Å²) < 4.78 is 28.4. The summed E-state index contributed by atoms with van der Waals surface area (Å²) in [5.41, 5.74) is 0.110. The van der Waals surface area contributed by atoms with E-state index in [0.29, 0.717) is 13.1 Å². The van der Waals surface area contributed by atoms with E-state index >= 15 is 0 Å². The van der Waals surface area contributed by atoms with E-state index in [-0.39, 0.29) is 10.3 Å². The third-order valence-electron chi connectivity index (χ3n) is 2.85. The third kappa shape index (κ3) is 6.02. The minimum absolute atomic E-state index is 0.110. The molecule has 0 atom stereocenters. The first kappa shape index (κ1) is 17.1. The molecular weight excluding hydrogens is 276 g/mol. The fraction of sp³-hybridized carbons (Fsp3) is 0.769. The molecule has 7 heteroatoms. The van der Waals surface area contributed by atoms with Crippen LogP contribution in [-0.4, -0.2) is 37.8 Å². The number of nitrogens with one attached hydrogen (secondary N) is 2. The highest BCUT2D eigenvalue weighted by molar-refractivity contribution is 7.89. The number of aromatic nitrogens is 2. The normalized spacial score (nSPS) is 12.8. The summed E-state index contributed by atoms with van der Waals surface area (Å²) in [5.74, 6) is 0. The molecule has 0 aliphatic heterocycles. The van der Waals surface area contributed by atoms with Crippen molar-refractivity contribution in [2.24, 2.45) is 5.41 Å². The molecule has 0 aliphatic rings. The molecule has 20 heavy (non-hydrogen) atoms. The Morgan fingerprint density at radius 1 is 1.30 bits per heavy atom. The molecule has 0 aromatic carbocycles. The fourth-order valence-electron chi connectivity index (χ4n) is 1.62. The lowest BCUT2D eigenvalue weighted by molar-refractivity contribution is 0.378. The number of likely N-dealkylation sites (N-methyl/N-ethyl adjacent to an activating group) is 1. The van der Waals surface area contributed by atoms with Crippen LogP contribution in [0.1, 0.15) is 34.1 Å². The molecule has 0 unspecified atom stereocenters. The Bertz CT molecular complexity index is 503. The average molecular weight is 302 g/mol. The minimum atomic E-state index is -3.45. The van der Waals surface area contributed by atoms with Gasteiger partial charge in [0.15, 0.2) is 0 Å². The second-order valence-corrected chi connectivity index (χ2v) is 7.77. The summed E-state index contributed by atoms with van der Waals surface area (Å²) in [6.07, 6.45) is 3.75. The van der Waals surface area contributed by atoms with E-state index in [4.69, 9.17) is 0 Å². The molecule has 0 saturated carbocycles. The molecule has 0 bridgehead atoms. The maximum Gasteiger partial charge on any atom is 0.243 e. The third-order valence-corrected chi connectivity index (χ3v) is 4.27. The number of hydrogen-bond donors (Lipinski definition) is 2. The topological polar surface area (TPSA) is 76.0 Å². The first-order valence-corrected chi connectivity index (χ1v) is 8.46. The summed E-state index contributed by atoms with van der Waals surface area (Å²) in [6.45, 7) is 11.0. The Balaban J connectivity index is 2.55. The highest BCUT2D eigenvalue weighted by atomic mass is 32.2. The van der Waals surface area contributed by atoms with Crippen LogP contribution in [0.4, 0.5) is 0 Å². The van der Waals surface area contributed by atoms with E-state index < -0.39 is 10.0 Å². The van der Waals surface area contributed by atoms with Gasteiger partial charge >= 0.3 is 0 Å². The molecule has 1 rings (SSSR count). The zero-order valence-electron chi connectivity index (χ0n) is 12.8. The molecule has 0 amide bonds. The summed E-state index contributed by atoms with van der Waals surface area (Å²) in [6, 6.07) is 0. The number of nitrogens with zero attached hydrogens (tertiary/aromatic N) is 2. The van der Waals surface area contributed by atoms with E-state index in [0.717, 1.165) is 19.5 Å². The molecule has 0 aliphatic carbocycles. The van der Waals surface area contributed by atoms with Gasteiger partial charge in [0.05, 0.1) is 12.7 Å². The van der Waals surface area contributed by atoms with Crippen LogP contribution in [0.15, 0.2) is 17.3 Å². The number of rotatable bonds is 8. The van der Waals surface area contributed by atoms with Crippen LogP contribution < -0.4 is 10.0 Å². The minimum Gasteiger partial charge on any atom is -0.315 e.